The molecule has 0 bridgehead atoms. The molecule has 0 heterocycles. The van der Waals surface area contributed by atoms with Gasteiger partial charge in [-0.2, -0.15) is 0 Å². The van der Waals surface area contributed by atoms with Gasteiger partial charge in [0.25, 0.3) is 0 Å². The van der Waals surface area contributed by atoms with Gasteiger partial charge in [0.1, 0.15) is 23.0 Å². The fourth-order valence-corrected chi connectivity index (χ4v) is 3.23. The van der Waals surface area contributed by atoms with Crippen LogP contribution in [0.5, 0.6) is 17.2 Å². The first kappa shape index (κ1) is 23.1. The van der Waals surface area contributed by atoms with Crippen molar-refractivity contribution in [2.75, 3.05) is 0 Å². The number of rotatable bonds is 8. The molecule has 0 aliphatic heterocycles. The Labute approximate surface area is 185 Å². The van der Waals surface area contributed by atoms with E-state index in [4.69, 9.17) is 4.74 Å². The van der Waals surface area contributed by atoms with E-state index in [1.807, 2.05) is 66.7 Å². The number of Topliss-reactive ketones (excluding diaryl/α,β-unsaturated/α-hetero) is 1. The van der Waals surface area contributed by atoms with Crippen molar-refractivity contribution in [3.8, 4) is 17.2 Å². The molecule has 0 aromatic heterocycles. The molecular formula is C26H23F3O3. The van der Waals surface area contributed by atoms with Gasteiger partial charge in [0.05, 0.1) is 5.41 Å². The molecule has 0 saturated carbocycles. The van der Waals surface area contributed by atoms with E-state index in [1.54, 1.807) is 6.92 Å². The number of halogens is 3. The van der Waals surface area contributed by atoms with Gasteiger partial charge in [0, 0.05) is 0 Å². The minimum absolute atomic E-state index is 0.0900. The summed E-state index contributed by atoms with van der Waals surface area (Å²) in [6.45, 7) is 3.25. The number of ketones is 1. The second-order valence-corrected chi connectivity index (χ2v) is 7.55. The van der Waals surface area contributed by atoms with E-state index in [2.05, 4.69) is 4.74 Å². The Balaban J connectivity index is 1.72. The summed E-state index contributed by atoms with van der Waals surface area (Å²) in [6.07, 6.45) is -0.609. The zero-order valence-corrected chi connectivity index (χ0v) is 17.7. The van der Waals surface area contributed by atoms with Crippen molar-refractivity contribution < 1.29 is 27.4 Å². The molecule has 0 amide bonds. The number of para-hydroxylation sites is 1. The smallest absolute Gasteiger partial charge is 0.457 e. The summed E-state index contributed by atoms with van der Waals surface area (Å²) in [7, 11) is 0. The van der Waals surface area contributed by atoms with E-state index in [9.17, 15) is 18.0 Å². The van der Waals surface area contributed by atoms with Crippen LogP contribution in [-0.2, 0) is 10.2 Å². The summed E-state index contributed by atoms with van der Waals surface area (Å²) in [5.74, 6) is 1.01. The first-order valence-corrected chi connectivity index (χ1v) is 10.0. The molecular weight excluding hydrogens is 417 g/mol. The van der Waals surface area contributed by atoms with Crippen LogP contribution in [0.4, 0.5) is 13.2 Å². The molecule has 32 heavy (non-hydrogen) atoms. The number of alkyl halides is 3. The van der Waals surface area contributed by atoms with Gasteiger partial charge >= 0.3 is 6.36 Å². The molecule has 0 aliphatic carbocycles. The number of hydrogen-bond donors (Lipinski definition) is 0. The maximum Gasteiger partial charge on any atom is 0.573 e. The van der Waals surface area contributed by atoms with Crippen molar-refractivity contribution in [1.29, 1.82) is 0 Å². The zero-order chi connectivity index (χ0) is 23.2. The van der Waals surface area contributed by atoms with Crippen LogP contribution >= 0.6 is 0 Å². The Bertz CT molecular complexity index is 1070. The molecule has 3 aromatic carbocycles. The monoisotopic (exact) mass is 440 g/mol. The molecule has 0 aliphatic rings. The third kappa shape index (κ3) is 6.23. The van der Waals surface area contributed by atoms with Crippen molar-refractivity contribution in [1.82, 2.24) is 0 Å². The van der Waals surface area contributed by atoms with Crippen LogP contribution in [0.2, 0.25) is 0 Å². The van der Waals surface area contributed by atoms with E-state index in [0.29, 0.717) is 17.7 Å². The van der Waals surface area contributed by atoms with Gasteiger partial charge in [-0.1, -0.05) is 54.6 Å². The first-order valence-electron chi connectivity index (χ1n) is 10.0. The van der Waals surface area contributed by atoms with Crippen LogP contribution in [0.1, 0.15) is 31.4 Å². The van der Waals surface area contributed by atoms with Crippen molar-refractivity contribution in [2.45, 2.75) is 32.0 Å². The Hall–Kier alpha value is -3.54. The highest BCUT2D eigenvalue weighted by Gasteiger charge is 2.33. The van der Waals surface area contributed by atoms with E-state index in [0.717, 1.165) is 11.3 Å². The number of ether oxygens (including phenoxy) is 2. The summed E-state index contributed by atoms with van der Waals surface area (Å²) < 4.78 is 46.9. The minimum Gasteiger partial charge on any atom is -0.457 e. The van der Waals surface area contributed by atoms with Gasteiger partial charge in [0.2, 0.25) is 0 Å². The summed E-state index contributed by atoms with van der Waals surface area (Å²) in [6, 6.07) is 22.4. The minimum atomic E-state index is -4.76. The van der Waals surface area contributed by atoms with Gasteiger partial charge in [-0.3, -0.25) is 4.79 Å². The SMILES string of the molecule is CC(=O)C(C)(CC=Cc1cccc(Oc2ccccc2)c1)c1ccc(OC(F)(F)F)cc1. The van der Waals surface area contributed by atoms with Crippen LogP contribution in [0.3, 0.4) is 0 Å². The fraction of sp³-hybridized carbons (Fsp3) is 0.192. The highest BCUT2D eigenvalue weighted by molar-refractivity contribution is 5.88. The molecule has 1 atom stereocenters. The largest absolute Gasteiger partial charge is 0.573 e. The first-order chi connectivity index (χ1) is 15.2. The van der Waals surface area contributed by atoms with Crippen molar-refractivity contribution in [3.05, 3.63) is 96.1 Å². The molecule has 0 N–H and O–H groups in total. The van der Waals surface area contributed by atoms with Crippen molar-refractivity contribution in [3.63, 3.8) is 0 Å². The molecule has 3 rings (SSSR count). The summed E-state index contributed by atoms with van der Waals surface area (Å²) in [5, 5.41) is 0. The van der Waals surface area contributed by atoms with Crippen LogP contribution in [0.25, 0.3) is 6.08 Å². The number of carbonyl (C=O) groups excluding carboxylic acids is 1. The van der Waals surface area contributed by atoms with Crippen LogP contribution in [0.15, 0.2) is 84.9 Å². The second-order valence-electron chi connectivity index (χ2n) is 7.55. The maximum absolute atomic E-state index is 12.4. The molecule has 6 heteroatoms. The van der Waals surface area contributed by atoms with Gasteiger partial charge in [0.15, 0.2) is 0 Å². The summed E-state index contributed by atoms with van der Waals surface area (Å²) in [5.41, 5.74) is 0.634. The topological polar surface area (TPSA) is 35.5 Å². The standard InChI is InChI=1S/C26H23F3O3/c1-19(30)25(2,21-13-15-23(16-14-21)32-26(27,28)29)17-7-9-20-8-6-12-24(18-20)31-22-10-4-3-5-11-22/h3-16,18H,17H2,1-2H3. The second kappa shape index (κ2) is 9.73. The molecule has 166 valence electrons. The molecule has 0 fully saturated rings. The number of allylic oxidation sites excluding steroid dienone is 1. The van der Waals surface area contributed by atoms with E-state index >= 15 is 0 Å². The van der Waals surface area contributed by atoms with Gasteiger partial charge < -0.3 is 9.47 Å². The van der Waals surface area contributed by atoms with Gasteiger partial charge in [-0.15, -0.1) is 13.2 Å². The van der Waals surface area contributed by atoms with Crippen LogP contribution in [0, 0.1) is 0 Å². The lowest BCUT2D eigenvalue weighted by Crippen LogP contribution is -2.30. The third-order valence-corrected chi connectivity index (χ3v) is 5.18. The average molecular weight is 440 g/mol. The molecule has 1 unspecified atom stereocenters. The number of hydrogen-bond acceptors (Lipinski definition) is 3. The third-order valence-electron chi connectivity index (χ3n) is 5.18. The highest BCUT2D eigenvalue weighted by atomic mass is 19.4. The Morgan fingerprint density at radius 1 is 0.875 bits per heavy atom. The summed E-state index contributed by atoms with van der Waals surface area (Å²) >= 11 is 0. The lowest BCUT2D eigenvalue weighted by Gasteiger charge is -2.26. The normalized spacial score (nSPS) is 13.5. The number of carbonyl (C=O) groups is 1. The predicted molar refractivity (Wildman–Crippen MR) is 118 cm³/mol. The maximum atomic E-state index is 12.4. The number of benzene rings is 3. The van der Waals surface area contributed by atoms with E-state index in [1.165, 1.54) is 31.2 Å². The van der Waals surface area contributed by atoms with Crippen molar-refractivity contribution >= 4 is 11.9 Å². The average Bonchev–Trinajstić information content (AvgIpc) is 2.74. The fourth-order valence-electron chi connectivity index (χ4n) is 3.23. The van der Waals surface area contributed by atoms with Gasteiger partial charge in [-0.25, -0.2) is 0 Å². The summed E-state index contributed by atoms with van der Waals surface area (Å²) in [4.78, 5) is 12.4. The highest BCUT2D eigenvalue weighted by Crippen LogP contribution is 2.32. The van der Waals surface area contributed by atoms with Crippen LogP contribution < -0.4 is 9.47 Å². The Morgan fingerprint density at radius 3 is 2.16 bits per heavy atom. The van der Waals surface area contributed by atoms with Crippen LogP contribution in [-0.4, -0.2) is 12.1 Å². The van der Waals surface area contributed by atoms with E-state index in [-0.39, 0.29) is 11.5 Å². The lowest BCUT2D eigenvalue weighted by atomic mass is 9.76. The Morgan fingerprint density at radius 2 is 1.53 bits per heavy atom. The van der Waals surface area contributed by atoms with Gasteiger partial charge in [-0.05, 0) is 67.8 Å². The molecule has 0 radical (unpaired) electrons. The quantitative estimate of drug-likeness (QED) is 0.368. The molecule has 0 spiro atoms. The molecule has 3 nitrogen and oxygen atoms in total. The lowest BCUT2D eigenvalue weighted by molar-refractivity contribution is -0.274. The van der Waals surface area contributed by atoms with E-state index < -0.39 is 11.8 Å². The van der Waals surface area contributed by atoms with Crippen molar-refractivity contribution in [2.24, 2.45) is 0 Å². The zero-order valence-electron chi connectivity index (χ0n) is 17.7. The predicted octanol–water partition coefficient (Wildman–Crippen LogP) is 7.33. The Kier molecular flexibility index (Phi) is 7.03. The molecule has 3 aromatic rings. The molecule has 0 saturated heterocycles.